The molecule has 0 amide bonds. The molecule has 1 aliphatic heterocycles. The van der Waals surface area contributed by atoms with Gasteiger partial charge in [0.25, 0.3) is 0 Å². The molecule has 0 radical (unpaired) electrons. The summed E-state index contributed by atoms with van der Waals surface area (Å²) >= 11 is 0. The lowest BCUT2D eigenvalue weighted by atomic mass is 9.95. The largest absolute Gasteiger partial charge is 0.303 e. The Balaban J connectivity index is 2.11. The van der Waals surface area contributed by atoms with Crippen molar-refractivity contribution in [3.05, 3.63) is 35.4 Å². The van der Waals surface area contributed by atoms with Crippen LogP contribution >= 0.6 is 0 Å². The molecule has 0 bridgehead atoms. The maximum absolute atomic E-state index is 11.0. The summed E-state index contributed by atoms with van der Waals surface area (Å²) in [6, 6.07) is 8.66. The van der Waals surface area contributed by atoms with Crippen LogP contribution in [0.3, 0.4) is 0 Å². The highest BCUT2D eigenvalue weighted by molar-refractivity contribution is 5.58. The van der Waals surface area contributed by atoms with E-state index in [2.05, 4.69) is 29.2 Å². The summed E-state index contributed by atoms with van der Waals surface area (Å²) in [6.07, 6.45) is 3.42. The second-order valence-electron chi connectivity index (χ2n) is 5.69. The number of fused-ring (bicyclic) bond motifs is 1. The number of benzene rings is 1. The topological polar surface area (TPSA) is 20.3 Å². The molecule has 1 aromatic rings. The fourth-order valence-corrected chi connectivity index (χ4v) is 2.52. The molecule has 0 saturated heterocycles. The molecule has 1 aromatic carbocycles. The van der Waals surface area contributed by atoms with Crippen LogP contribution in [0.15, 0.2) is 24.3 Å². The van der Waals surface area contributed by atoms with Crippen molar-refractivity contribution < 1.29 is 4.79 Å². The third kappa shape index (κ3) is 3.16. The van der Waals surface area contributed by atoms with E-state index in [9.17, 15) is 4.79 Å². The van der Waals surface area contributed by atoms with Crippen molar-refractivity contribution in [1.82, 2.24) is 4.90 Å². The fourth-order valence-electron chi connectivity index (χ4n) is 2.52. The molecule has 17 heavy (non-hydrogen) atoms. The van der Waals surface area contributed by atoms with Crippen molar-refractivity contribution in [3.63, 3.8) is 0 Å². The molecule has 0 aromatic heterocycles. The van der Waals surface area contributed by atoms with Crippen molar-refractivity contribution in [1.29, 1.82) is 0 Å². The van der Waals surface area contributed by atoms with E-state index in [0.717, 1.165) is 32.3 Å². The zero-order valence-electron chi connectivity index (χ0n) is 10.8. The summed E-state index contributed by atoms with van der Waals surface area (Å²) in [4.78, 5) is 13.4. The van der Waals surface area contributed by atoms with Gasteiger partial charge in [-0.3, -0.25) is 4.90 Å². The molecule has 1 heterocycles. The molecule has 0 fully saturated rings. The normalized spacial score (nSPS) is 17.3. The van der Waals surface area contributed by atoms with E-state index in [4.69, 9.17) is 0 Å². The van der Waals surface area contributed by atoms with Crippen LogP contribution in [0.4, 0.5) is 0 Å². The molecule has 2 heteroatoms. The van der Waals surface area contributed by atoms with Crippen LogP contribution in [0.5, 0.6) is 0 Å². The molecule has 0 N–H and O–H groups in total. The Morgan fingerprint density at radius 3 is 2.71 bits per heavy atom. The minimum Gasteiger partial charge on any atom is -0.303 e. The Labute approximate surface area is 104 Å². The lowest BCUT2D eigenvalue weighted by Gasteiger charge is -2.27. The number of hydrogen-bond donors (Lipinski definition) is 0. The fraction of sp³-hybridized carbons (Fsp3) is 0.533. The highest BCUT2D eigenvalue weighted by Crippen LogP contribution is 2.21. The molecule has 0 unspecified atom stereocenters. The monoisotopic (exact) mass is 231 g/mol. The van der Waals surface area contributed by atoms with E-state index < -0.39 is 0 Å². The number of hydrogen-bond acceptors (Lipinski definition) is 2. The van der Waals surface area contributed by atoms with Crippen LogP contribution in [-0.2, 0) is 17.8 Å². The molecule has 0 saturated carbocycles. The van der Waals surface area contributed by atoms with E-state index in [1.54, 1.807) is 0 Å². The average Bonchev–Trinajstić information content (AvgIpc) is 2.50. The first-order valence-electron chi connectivity index (χ1n) is 6.36. The lowest BCUT2D eigenvalue weighted by molar-refractivity contribution is -0.115. The van der Waals surface area contributed by atoms with Gasteiger partial charge in [0.1, 0.15) is 6.29 Å². The molecular formula is C15H21NO. The van der Waals surface area contributed by atoms with Gasteiger partial charge in [-0.1, -0.05) is 38.1 Å². The van der Waals surface area contributed by atoms with Crippen molar-refractivity contribution >= 4 is 6.29 Å². The summed E-state index contributed by atoms with van der Waals surface area (Å²) in [7, 11) is 0. The van der Waals surface area contributed by atoms with Crippen LogP contribution in [-0.4, -0.2) is 24.3 Å². The molecular weight excluding hydrogens is 210 g/mol. The SMILES string of the molecule is CC(C)(C=O)CN1CCCc2ccccc2C1. The first-order valence-corrected chi connectivity index (χ1v) is 6.36. The molecule has 0 aliphatic carbocycles. The predicted octanol–water partition coefficient (Wildman–Crippen LogP) is 2.66. The van der Waals surface area contributed by atoms with E-state index in [1.807, 2.05) is 13.8 Å². The van der Waals surface area contributed by atoms with E-state index in [0.29, 0.717) is 0 Å². The van der Waals surface area contributed by atoms with Crippen molar-refractivity contribution in [3.8, 4) is 0 Å². The molecule has 0 atom stereocenters. The minimum atomic E-state index is -0.237. The number of carbonyl (C=O) groups excluding carboxylic acids is 1. The van der Waals surface area contributed by atoms with Crippen LogP contribution in [0.25, 0.3) is 0 Å². The van der Waals surface area contributed by atoms with Crippen LogP contribution in [0.1, 0.15) is 31.4 Å². The second kappa shape index (κ2) is 5.01. The first kappa shape index (κ1) is 12.3. The number of nitrogens with zero attached hydrogens (tertiary/aromatic N) is 1. The van der Waals surface area contributed by atoms with Gasteiger partial charge in [-0.2, -0.15) is 0 Å². The van der Waals surface area contributed by atoms with Gasteiger partial charge in [0.2, 0.25) is 0 Å². The number of carbonyl (C=O) groups is 1. The summed E-state index contributed by atoms with van der Waals surface area (Å²) in [5, 5.41) is 0. The Kier molecular flexibility index (Phi) is 3.63. The van der Waals surface area contributed by atoms with Gasteiger partial charge in [0.15, 0.2) is 0 Å². The van der Waals surface area contributed by atoms with Crippen LogP contribution < -0.4 is 0 Å². The number of rotatable bonds is 3. The van der Waals surface area contributed by atoms with Crippen molar-refractivity contribution in [2.24, 2.45) is 5.41 Å². The third-order valence-corrected chi connectivity index (χ3v) is 3.38. The quantitative estimate of drug-likeness (QED) is 0.745. The van der Waals surface area contributed by atoms with Gasteiger partial charge in [0, 0.05) is 18.5 Å². The zero-order valence-corrected chi connectivity index (χ0v) is 10.8. The maximum Gasteiger partial charge on any atom is 0.126 e. The minimum absolute atomic E-state index is 0.237. The lowest BCUT2D eigenvalue weighted by Crippen LogP contribution is -2.35. The van der Waals surface area contributed by atoms with Crippen LogP contribution in [0, 0.1) is 5.41 Å². The summed E-state index contributed by atoms with van der Waals surface area (Å²) in [5.74, 6) is 0. The van der Waals surface area contributed by atoms with Gasteiger partial charge in [-0.05, 0) is 30.5 Å². The standard InChI is InChI=1S/C15H21NO/c1-15(2,12-17)11-16-9-5-8-13-6-3-4-7-14(13)10-16/h3-4,6-7,12H,5,8-11H2,1-2H3. The van der Waals surface area contributed by atoms with Gasteiger partial charge >= 0.3 is 0 Å². The Morgan fingerprint density at radius 2 is 2.00 bits per heavy atom. The summed E-state index contributed by atoms with van der Waals surface area (Å²) in [5.41, 5.74) is 2.66. The Morgan fingerprint density at radius 1 is 1.29 bits per heavy atom. The van der Waals surface area contributed by atoms with Crippen molar-refractivity contribution in [2.45, 2.75) is 33.2 Å². The summed E-state index contributed by atoms with van der Waals surface area (Å²) in [6.45, 7) is 6.94. The van der Waals surface area contributed by atoms with E-state index in [-0.39, 0.29) is 5.41 Å². The molecule has 92 valence electrons. The van der Waals surface area contributed by atoms with E-state index >= 15 is 0 Å². The molecule has 2 rings (SSSR count). The Hall–Kier alpha value is -1.15. The number of aldehydes is 1. The average molecular weight is 231 g/mol. The van der Waals surface area contributed by atoms with Crippen LogP contribution in [0.2, 0.25) is 0 Å². The first-order chi connectivity index (χ1) is 8.11. The smallest absolute Gasteiger partial charge is 0.126 e. The third-order valence-electron chi connectivity index (χ3n) is 3.38. The highest BCUT2D eigenvalue weighted by Gasteiger charge is 2.22. The van der Waals surface area contributed by atoms with Gasteiger partial charge < -0.3 is 4.79 Å². The van der Waals surface area contributed by atoms with Gasteiger partial charge in [-0.25, -0.2) is 0 Å². The zero-order chi connectivity index (χ0) is 12.3. The summed E-state index contributed by atoms with van der Waals surface area (Å²) < 4.78 is 0. The predicted molar refractivity (Wildman–Crippen MR) is 69.9 cm³/mol. The van der Waals surface area contributed by atoms with E-state index in [1.165, 1.54) is 17.5 Å². The van der Waals surface area contributed by atoms with Crippen molar-refractivity contribution in [2.75, 3.05) is 13.1 Å². The molecule has 2 nitrogen and oxygen atoms in total. The Bertz CT molecular complexity index is 398. The van der Waals surface area contributed by atoms with Gasteiger partial charge in [0.05, 0.1) is 0 Å². The second-order valence-corrected chi connectivity index (χ2v) is 5.69. The highest BCUT2D eigenvalue weighted by atomic mass is 16.1. The maximum atomic E-state index is 11.0. The molecule has 0 spiro atoms. The number of aryl methyl sites for hydroxylation is 1. The van der Waals surface area contributed by atoms with Gasteiger partial charge in [-0.15, -0.1) is 0 Å². The molecule has 1 aliphatic rings.